The largest absolute Gasteiger partial charge is 0.317 e. The maximum atomic E-state index is 3.46. The quantitative estimate of drug-likeness (QED) is 0.736. The van der Waals surface area contributed by atoms with Crippen LogP contribution in [0.2, 0.25) is 0 Å². The molecule has 2 heteroatoms. The van der Waals surface area contributed by atoms with Gasteiger partial charge in [-0.2, -0.15) is 0 Å². The minimum Gasteiger partial charge on any atom is -0.317 e. The van der Waals surface area contributed by atoms with Crippen molar-refractivity contribution in [1.82, 2.24) is 10.2 Å². The van der Waals surface area contributed by atoms with Gasteiger partial charge in [-0.15, -0.1) is 0 Å². The molecule has 1 N–H and O–H groups in total. The summed E-state index contributed by atoms with van der Waals surface area (Å²) in [6.07, 6.45) is 4.09. The van der Waals surface area contributed by atoms with E-state index >= 15 is 0 Å². The summed E-state index contributed by atoms with van der Waals surface area (Å²) in [4.78, 5) is 2.71. The van der Waals surface area contributed by atoms with Crippen LogP contribution >= 0.6 is 0 Å². The van der Waals surface area contributed by atoms with Crippen molar-refractivity contribution < 1.29 is 0 Å². The van der Waals surface area contributed by atoms with Gasteiger partial charge in [-0.05, 0) is 56.7 Å². The second-order valence-corrected chi connectivity index (χ2v) is 6.53. The molecule has 1 saturated heterocycles. The molecule has 0 aliphatic carbocycles. The smallest absolute Gasteiger partial charge is 0.00107 e. The fourth-order valence-corrected chi connectivity index (χ4v) is 2.64. The lowest BCUT2D eigenvalue weighted by molar-refractivity contribution is 0.180. The van der Waals surface area contributed by atoms with Gasteiger partial charge in [-0.3, -0.25) is 0 Å². The summed E-state index contributed by atoms with van der Waals surface area (Å²) in [5, 5.41) is 3.46. The Morgan fingerprint density at radius 1 is 1.06 bits per heavy atom. The van der Waals surface area contributed by atoms with Gasteiger partial charge in [0.1, 0.15) is 0 Å². The van der Waals surface area contributed by atoms with E-state index in [-0.39, 0.29) is 0 Å². The predicted octanol–water partition coefficient (Wildman–Crippen LogP) is 2.99. The van der Waals surface area contributed by atoms with Crippen LogP contribution in [0.3, 0.4) is 0 Å². The fraction of sp³-hybridized carbons (Fsp3) is 1.00. The average Bonchev–Trinajstić information content (AvgIpc) is 2.26. The second kappa shape index (κ2) is 8.10. The van der Waals surface area contributed by atoms with Crippen molar-refractivity contribution in [3.05, 3.63) is 0 Å². The molecule has 0 aromatic heterocycles. The molecule has 0 aromatic rings. The Hall–Kier alpha value is -0.0800. The number of hydrogen-bond donors (Lipinski definition) is 1. The van der Waals surface area contributed by atoms with Crippen LogP contribution in [-0.2, 0) is 0 Å². The zero-order valence-corrected chi connectivity index (χ0v) is 12.3. The molecule has 1 rings (SSSR count). The second-order valence-electron chi connectivity index (χ2n) is 6.53. The van der Waals surface area contributed by atoms with E-state index in [0.717, 1.165) is 17.8 Å². The Morgan fingerprint density at radius 3 is 2.24 bits per heavy atom. The minimum absolute atomic E-state index is 0.795. The standard InChI is InChI=1S/C15H32N2/c1-13(2)7-10-17(11-14(3)4)12-15-5-8-16-9-6-15/h13-16H,5-12H2,1-4H3. The van der Waals surface area contributed by atoms with Gasteiger partial charge in [-0.25, -0.2) is 0 Å². The third-order valence-electron chi connectivity index (χ3n) is 3.62. The van der Waals surface area contributed by atoms with Crippen LogP contribution in [0.4, 0.5) is 0 Å². The lowest BCUT2D eigenvalue weighted by atomic mass is 9.96. The maximum Gasteiger partial charge on any atom is 0.00107 e. The first kappa shape index (κ1) is 15.0. The third kappa shape index (κ3) is 7.05. The molecule has 1 heterocycles. The Kier molecular flexibility index (Phi) is 7.14. The van der Waals surface area contributed by atoms with Crippen LogP contribution in [0, 0.1) is 17.8 Å². The van der Waals surface area contributed by atoms with Gasteiger partial charge in [0.25, 0.3) is 0 Å². The number of hydrogen-bond acceptors (Lipinski definition) is 2. The van der Waals surface area contributed by atoms with Crippen LogP contribution in [0.15, 0.2) is 0 Å². The summed E-state index contributed by atoms with van der Waals surface area (Å²) < 4.78 is 0. The van der Waals surface area contributed by atoms with Crippen LogP contribution in [0.5, 0.6) is 0 Å². The highest BCUT2D eigenvalue weighted by Gasteiger charge is 2.17. The van der Waals surface area contributed by atoms with Crippen molar-refractivity contribution >= 4 is 0 Å². The number of piperidine rings is 1. The average molecular weight is 240 g/mol. The normalized spacial score (nSPS) is 18.5. The van der Waals surface area contributed by atoms with E-state index in [0.29, 0.717) is 0 Å². The number of nitrogens with zero attached hydrogens (tertiary/aromatic N) is 1. The molecule has 17 heavy (non-hydrogen) atoms. The summed E-state index contributed by atoms with van der Waals surface area (Å²) in [6, 6.07) is 0. The summed E-state index contributed by atoms with van der Waals surface area (Å²) in [5.74, 6) is 2.56. The van der Waals surface area contributed by atoms with Crippen molar-refractivity contribution in [2.24, 2.45) is 17.8 Å². The van der Waals surface area contributed by atoms with E-state index in [1.807, 2.05) is 0 Å². The molecule has 0 radical (unpaired) electrons. The molecule has 0 spiro atoms. The first-order chi connectivity index (χ1) is 8.08. The van der Waals surface area contributed by atoms with E-state index in [4.69, 9.17) is 0 Å². The Morgan fingerprint density at radius 2 is 1.71 bits per heavy atom. The van der Waals surface area contributed by atoms with Gasteiger partial charge in [0.15, 0.2) is 0 Å². The Balaban J connectivity index is 2.32. The zero-order chi connectivity index (χ0) is 12.7. The molecule has 2 nitrogen and oxygen atoms in total. The molecular weight excluding hydrogens is 208 g/mol. The molecule has 0 atom stereocenters. The van der Waals surface area contributed by atoms with Gasteiger partial charge in [0.05, 0.1) is 0 Å². The lowest BCUT2D eigenvalue weighted by Crippen LogP contribution is -2.38. The first-order valence-electron chi connectivity index (χ1n) is 7.51. The summed E-state index contributed by atoms with van der Waals surface area (Å²) in [5.41, 5.74) is 0. The monoisotopic (exact) mass is 240 g/mol. The SMILES string of the molecule is CC(C)CCN(CC(C)C)CC1CCNCC1. The molecule has 0 aromatic carbocycles. The first-order valence-corrected chi connectivity index (χ1v) is 7.51. The Labute approximate surface area is 108 Å². The van der Waals surface area contributed by atoms with E-state index in [9.17, 15) is 0 Å². The molecule has 1 aliphatic heterocycles. The topological polar surface area (TPSA) is 15.3 Å². The van der Waals surface area contributed by atoms with Crippen molar-refractivity contribution in [2.45, 2.75) is 47.0 Å². The predicted molar refractivity (Wildman–Crippen MR) is 76.3 cm³/mol. The van der Waals surface area contributed by atoms with Gasteiger partial charge in [-0.1, -0.05) is 27.7 Å². The molecule has 1 fully saturated rings. The highest BCUT2D eigenvalue weighted by molar-refractivity contribution is 4.73. The van der Waals surface area contributed by atoms with Crippen molar-refractivity contribution in [2.75, 3.05) is 32.7 Å². The van der Waals surface area contributed by atoms with E-state index in [1.165, 1.54) is 52.0 Å². The molecular formula is C15H32N2. The van der Waals surface area contributed by atoms with Gasteiger partial charge >= 0.3 is 0 Å². The molecule has 102 valence electrons. The number of rotatable bonds is 7. The summed E-state index contributed by atoms with van der Waals surface area (Å²) in [7, 11) is 0. The lowest BCUT2D eigenvalue weighted by Gasteiger charge is -2.31. The highest BCUT2D eigenvalue weighted by Crippen LogP contribution is 2.15. The highest BCUT2D eigenvalue weighted by atomic mass is 15.1. The van der Waals surface area contributed by atoms with Crippen LogP contribution < -0.4 is 5.32 Å². The van der Waals surface area contributed by atoms with E-state index in [2.05, 4.69) is 37.9 Å². The number of nitrogens with one attached hydrogen (secondary N) is 1. The summed E-state index contributed by atoms with van der Waals surface area (Å²) >= 11 is 0. The van der Waals surface area contributed by atoms with Gasteiger partial charge < -0.3 is 10.2 Å². The zero-order valence-electron chi connectivity index (χ0n) is 12.3. The van der Waals surface area contributed by atoms with Gasteiger partial charge in [0.2, 0.25) is 0 Å². The Bertz CT molecular complexity index is 183. The maximum absolute atomic E-state index is 3.46. The minimum atomic E-state index is 0.795. The molecule has 1 aliphatic rings. The molecule has 0 bridgehead atoms. The van der Waals surface area contributed by atoms with Crippen molar-refractivity contribution in [3.8, 4) is 0 Å². The van der Waals surface area contributed by atoms with Crippen molar-refractivity contribution in [3.63, 3.8) is 0 Å². The van der Waals surface area contributed by atoms with Crippen LogP contribution in [0.25, 0.3) is 0 Å². The van der Waals surface area contributed by atoms with Crippen LogP contribution in [-0.4, -0.2) is 37.6 Å². The molecule has 0 unspecified atom stereocenters. The van der Waals surface area contributed by atoms with E-state index < -0.39 is 0 Å². The fourth-order valence-electron chi connectivity index (χ4n) is 2.64. The van der Waals surface area contributed by atoms with Crippen molar-refractivity contribution in [1.29, 1.82) is 0 Å². The summed E-state index contributed by atoms with van der Waals surface area (Å²) in [6.45, 7) is 15.7. The third-order valence-corrected chi connectivity index (χ3v) is 3.62. The van der Waals surface area contributed by atoms with Crippen LogP contribution in [0.1, 0.15) is 47.0 Å². The molecule has 0 saturated carbocycles. The van der Waals surface area contributed by atoms with E-state index in [1.54, 1.807) is 0 Å². The molecule has 0 amide bonds. The van der Waals surface area contributed by atoms with Gasteiger partial charge in [0, 0.05) is 13.1 Å².